The van der Waals surface area contributed by atoms with Crippen LogP contribution in [0.1, 0.15) is 53.9 Å². The third-order valence-corrected chi connectivity index (χ3v) is 3.72. The Balaban J connectivity index is 2.65. The van der Waals surface area contributed by atoms with E-state index in [-0.39, 0.29) is 0 Å². The number of benzene rings is 1. The van der Waals surface area contributed by atoms with Gasteiger partial charge in [0.2, 0.25) is 0 Å². The highest BCUT2D eigenvalue weighted by molar-refractivity contribution is 5.96. The first-order valence-electron chi connectivity index (χ1n) is 6.95. The minimum atomic E-state index is -0.850. The number of carbonyl (C=O) groups is 1. The molecular weight excluding hydrogens is 238 g/mol. The molecule has 0 aliphatic heterocycles. The summed E-state index contributed by atoms with van der Waals surface area (Å²) in [5.41, 5.74) is 5.02. The van der Waals surface area contributed by atoms with Gasteiger partial charge in [0, 0.05) is 16.6 Å². The van der Waals surface area contributed by atoms with E-state index in [0.717, 1.165) is 42.1 Å². The van der Waals surface area contributed by atoms with Gasteiger partial charge in [0.25, 0.3) is 0 Å². The van der Waals surface area contributed by atoms with Crippen molar-refractivity contribution in [3.05, 3.63) is 34.5 Å². The number of aryl methyl sites for hydroxylation is 3. The molecule has 0 radical (unpaired) electrons. The van der Waals surface area contributed by atoms with Crippen LogP contribution in [-0.4, -0.2) is 16.1 Å². The molecular formula is C16H21NO2. The summed E-state index contributed by atoms with van der Waals surface area (Å²) >= 11 is 0. The standard InChI is InChI=1S/C16H21NO2/c1-4-6-7-13-10(3)17-15-11(5-2)8-12(16(18)19)9-14(13)15/h8-9,17H,4-7H2,1-3H3,(H,18,19). The van der Waals surface area contributed by atoms with Crippen molar-refractivity contribution < 1.29 is 9.90 Å². The third kappa shape index (κ3) is 2.50. The molecule has 0 amide bonds. The lowest BCUT2D eigenvalue weighted by Gasteiger charge is -2.04. The lowest BCUT2D eigenvalue weighted by Crippen LogP contribution is -1.98. The van der Waals surface area contributed by atoms with Gasteiger partial charge in [-0.05, 0) is 49.4 Å². The number of aromatic nitrogens is 1. The van der Waals surface area contributed by atoms with Crippen molar-refractivity contribution in [2.45, 2.75) is 46.5 Å². The predicted octanol–water partition coefficient (Wildman–Crippen LogP) is 4.08. The van der Waals surface area contributed by atoms with E-state index in [2.05, 4.69) is 25.8 Å². The number of unbranched alkanes of at least 4 members (excludes halogenated alkanes) is 1. The first kappa shape index (κ1) is 13.7. The molecule has 0 saturated carbocycles. The van der Waals surface area contributed by atoms with E-state index in [0.29, 0.717) is 5.56 Å². The molecule has 0 fully saturated rings. The van der Waals surface area contributed by atoms with Crippen LogP contribution in [0.3, 0.4) is 0 Å². The number of hydrogen-bond donors (Lipinski definition) is 2. The molecule has 1 heterocycles. The average Bonchev–Trinajstić information content (AvgIpc) is 2.70. The Morgan fingerprint density at radius 1 is 1.32 bits per heavy atom. The minimum Gasteiger partial charge on any atom is -0.478 e. The van der Waals surface area contributed by atoms with Crippen molar-refractivity contribution in [3.63, 3.8) is 0 Å². The highest BCUT2D eigenvalue weighted by Gasteiger charge is 2.14. The van der Waals surface area contributed by atoms with Crippen LogP contribution < -0.4 is 0 Å². The van der Waals surface area contributed by atoms with Crippen LogP contribution in [0.4, 0.5) is 0 Å². The fourth-order valence-electron chi connectivity index (χ4n) is 2.63. The van der Waals surface area contributed by atoms with Crippen LogP contribution in [-0.2, 0) is 12.8 Å². The predicted molar refractivity (Wildman–Crippen MR) is 78.0 cm³/mol. The number of carboxylic acid groups (broad SMARTS) is 1. The Hall–Kier alpha value is -1.77. The molecule has 2 rings (SSSR count). The summed E-state index contributed by atoms with van der Waals surface area (Å²) < 4.78 is 0. The molecule has 1 aromatic heterocycles. The topological polar surface area (TPSA) is 53.1 Å². The molecule has 0 unspecified atom stereocenters. The first-order valence-corrected chi connectivity index (χ1v) is 6.95. The molecule has 19 heavy (non-hydrogen) atoms. The van der Waals surface area contributed by atoms with Gasteiger partial charge in [-0.15, -0.1) is 0 Å². The zero-order valence-electron chi connectivity index (χ0n) is 11.8. The van der Waals surface area contributed by atoms with Gasteiger partial charge in [-0.3, -0.25) is 0 Å². The fraction of sp³-hybridized carbons (Fsp3) is 0.438. The number of aromatic carboxylic acids is 1. The maximum absolute atomic E-state index is 11.2. The average molecular weight is 259 g/mol. The maximum atomic E-state index is 11.2. The molecule has 3 nitrogen and oxygen atoms in total. The van der Waals surface area contributed by atoms with Crippen molar-refractivity contribution in [1.29, 1.82) is 0 Å². The summed E-state index contributed by atoms with van der Waals surface area (Å²) in [4.78, 5) is 14.7. The summed E-state index contributed by atoms with van der Waals surface area (Å²) in [6.45, 7) is 6.30. The second-order valence-corrected chi connectivity index (χ2v) is 5.05. The SMILES string of the molecule is CCCCc1c(C)[nH]c2c(CC)cc(C(=O)O)cc12. The largest absolute Gasteiger partial charge is 0.478 e. The van der Waals surface area contributed by atoms with Crippen LogP contribution in [0.15, 0.2) is 12.1 Å². The first-order chi connectivity index (χ1) is 9.08. The third-order valence-electron chi connectivity index (χ3n) is 3.72. The smallest absolute Gasteiger partial charge is 0.335 e. The molecule has 102 valence electrons. The normalized spacial score (nSPS) is 11.1. The number of fused-ring (bicyclic) bond motifs is 1. The van der Waals surface area contributed by atoms with Crippen LogP contribution in [0, 0.1) is 6.92 Å². The highest BCUT2D eigenvalue weighted by atomic mass is 16.4. The Bertz CT molecular complexity index is 611. The Kier molecular flexibility index (Phi) is 3.93. The van der Waals surface area contributed by atoms with Crippen LogP contribution >= 0.6 is 0 Å². The Labute approximate surface area is 113 Å². The van der Waals surface area contributed by atoms with E-state index >= 15 is 0 Å². The van der Waals surface area contributed by atoms with Crippen LogP contribution in [0.25, 0.3) is 10.9 Å². The summed E-state index contributed by atoms with van der Waals surface area (Å²) in [5.74, 6) is -0.850. The number of carboxylic acids is 1. The van der Waals surface area contributed by atoms with Gasteiger partial charge in [-0.2, -0.15) is 0 Å². The summed E-state index contributed by atoms with van der Waals surface area (Å²) in [7, 11) is 0. The molecule has 0 bridgehead atoms. The summed E-state index contributed by atoms with van der Waals surface area (Å²) in [5, 5.41) is 10.3. The zero-order chi connectivity index (χ0) is 14.0. The lowest BCUT2D eigenvalue weighted by atomic mass is 9.99. The van der Waals surface area contributed by atoms with Crippen molar-refractivity contribution >= 4 is 16.9 Å². The molecule has 0 saturated heterocycles. The quantitative estimate of drug-likeness (QED) is 0.850. The fourth-order valence-corrected chi connectivity index (χ4v) is 2.63. The molecule has 0 atom stereocenters. The molecule has 2 N–H and O–H groups in total. The number of rotatable bonds is 5. The highest BCUT2D eigenvalue weighted by Crippen LogP contribution is 2.28. The van der Waals surface area contributed by atoms with Crippen molar-refractivity contribution in [1.82, 2.24) is 4.98 Å². The van der Waals surface area contributed by atoms with Gasteiger partial charge in [-0.1, -0.05) is 20.3 Å². The number of H-pyrrole nitrogens is 1. The van der Waals surface area contributed by atoms with Crippen molar-refractivity contribution in [2.24, 2.45) is 0 Å². The van der Waals surface area contributed by atoms with Gasteiger partial charge >= 0.3 is 5.97 Å². The van der Waals surface area contributed by atoms with Crippen molar-refractivity contribution in [3.8, 4) is 0 Å². The van der Waals surface area contributed by atoms with Gasteiger partial charge in [0.05, 0.1) is 5.56 Å². The summed E-state index contributed by atoms with van der Waals surface area (Å²) in [6, 6.07) is 3.59. The number of hydrogen-bond acceptors (Lipinski definition) is 1. The van der Waals surface area contributed by atoms with E-state index in [1.807, 2.05) is 6.07 Å². The molecule has 3 heteroatoms. The zero-order valence-corrected chi connectivity index (χ0v) is 11.8. The van der Waals surface area contributed by atoms with Gasteiger partial charge in [0.1, 0.15) is 0 Å². The van der Waals surface area contributed by atoms with Gasteiger partial charge in [0.15, 0.2) is 0 Å². The minimum absolute atomic E-state index is 0.390. The molecule has 2 aromatic rings. The van der Waals surface area contributed by atoms with E-state index in [9.17, 15) is 9.90 Å². The second kappa shape index (κ2) is 5.47. The van der Waals surface area contributed by atoms with Crippen LogP contribution in [0.5, 0.6) is 0 Å². The number of nitrogens with one attached hydrogen (secondary N) is 1. The monoisotopic (exact) mass is 259 g/mol. The molecule has 0 spiro atoms. The van der Waals surface area contributed by atoms with Gasteiger partial charge < -0.3 is 10.1 Å². The second-order valence-electron chi connectivity index (χ2n) is 5.05. The Morgan fingerprint density at radius 3 is 2.63 bits per heavy atom. The lowest BCUT2D eigenvalue weighted by molar-refractivity contribution is 0.0697. The van der Waals surface area contributed by atoms with E-state index in [1.165, 1.54) is 11.3 Å². The Morgan fingerprint density at radius 2 is 2.05 bits per heavy atom. The summed E-state index contributed by atoms with van der Waals surface area (Å²) in [6.07, 6.45) is 4.12. The maximum Gasteiger partial charge on any atom is 0.335 e. The molecule has 0 aliphatic carbocycles. The molecule has 1 aromatic carbocycles. The van der Waals surface area contributed by atoms with Crippen molar-refractivity contribution in [2.75, 3.05) is 0 Å². The van der Waals surface area contributed by atoms with Gasteiger partial charge in [-0.25, -0.2) is 4.79 Å². The van der Waals surface area contributed by atoms with E-state index < -0.39 is 5.97 Å². The van der Waals surface area contributed by atoms with Crippen LogP contribution in [0.2, 0.25) is 0 Å². The number of aromatic amines is 1. The van der Waals surface area contributed by atoms with E-state index in [4.69, 9.17) is 0 Å². The molecule has 0 aliphatic rings. The van der Waals surface area contributed by atoms with E-state index in [1.54, 1.807) is 6.07 Å².